The molecule has 0 saturated carbocycles. The standard InChI is InChI=1S/C25H19ClFNO5/c26-19-8-4-7-17(23(19)27)11-15-9-10-20-18(12-15)24(30)22(33-25(31)32)13-28(20)21(14-29)16-5-2-1-3-6-16/h1-10,12-13,21,29H,11,14H2,(H,31,32)/t21-/m1/s1. The molecule has 1 heterocycles. The van der Waals surface area contributed by atoms with Gasteiger partial charge in [0.2, 0.25) is 5.43 Å². The van der Waals surface area contributed by atoms with E-state index >= 15 is 0 Å². The summed E-state index contributed by atoms with van der Waals surface area (Å²) >= 11 is 5.88. The van der Waals surface area contributed by atoms with Gasteiger partial charge in [-0.2, -0.15) is 0 Å². The molecule has 0 fully saturated rings. The third kappa shape index (κ3) is 4.60. The third-order valence-electron chi connectivity index (χ3n) is 5.38. The molecule has 168 valence electrons. The highest BCUT2D eigenvalue weighted by Gasteiger charge is 2.20. The highest BCUT2D eigenvalue weighted by atomic mass is 35.5. The monoisotopic (exact) mass is 467 g/mol. The van der Waals surface area contributed by atoms with E-state index in [-0.39, 0.29) is 23.4 Å². The Kier molecular flexibility index (Phi) is 6.44. The Bertz CT molecular complexity index is 1390. The summed E-state index contributed by atoms with van der Waals surface area (Å²) in [5.41, 5.74) is 1.59. The van der Waals surface area contributed by atoms with Crippen LogP contribution in [0.15, 0.2) is 77.7 Å². The van der Waals surface area contributed by atoms with Crippen LogP contribution in [0.5, 0.6) is 5.75 Å². The molecule has 0 amide bonds. The van der Waals surface area contributed by atoms with Gasteiger partial charge in [0, 0.05) is 11.8 Å². The van der Waals surface area contributed by atoms with Crippen LogP contribution in [0.3, 0.4) is 0 Å². The van der Waals surface area contributed by atoms with Crippen molar-refractivity contribution in [3.63, 3.8) is 0 Å². The van der Waals surface area contributed by atoms with E-state index in [1.54, 1.807) is 34.9 Å². The molecule has 4 aromatic rings. The number of pyridine rings is 1. The molecule has 1 atom stereocenters. The molecule has 0 aliphatic heterocycles. The van der Waals surface area contributed by atoms with Crippen LogP contribution < -0.4 is 10.2 Å². The van der Waals surface area contributed by atoms with Crippen molar-refractivity contribution in [3.8, 4) is 5.75 Å². The summed E-state index contributed by atoms with van der Waals surface area (Å²) in [4.78, 5) is 24.2. The average Bonchev–Trinajstić information content (AvgIpc) is 2.80. The molecular weight excluding hydrogens is 449 g/mol. The maximum absolute atomic E-state index is 14.4. The van der Waals surface area contributed by atoms with Crippen LogP contribution >= 0.6 is 11.6 Å². The molecule has 1 aromatic heterocycles. The largest absolute Gasteiger partial charge is 0.511 e. The third-order valence-corrected chi connectivity index (χ3v) is 5.67. The summed E-state index contributed by atoms with van der Waals surface area (Å²) in [7, 11) is 0. The van der Waals surface area contributed by atoms with Crippen LogP contribution in [0.1, 0.15) is 22.7 Å². The number of carboxylic acid groups (broad SMARTS) is 1. The predicted molar refractivity (Wildman–Crippen MR) is 123 cm³/mol. The Balaban J connectivity index is 1.89. The minimum Gasteiger partial charge on any atom is -0.449 e. The fraction of sp³-hybridized carbons (Fsp3) is 0.120. The summed E-state index contributed by atoms with van der Waals surface area (Å²) in [6.45, 7) is -0.302. The molecule has 0 aliphatic carbocycles. The van der Waals surface area contributed by atoms with E-state index in [9.17, 15) is 19.1 Å². The first-order chi connectivity index (χ1) is 15.9. The summed E-state index contributed by atoms with van der Waals surface area (Å²) in [6, 6.07) is 18.2. The number of hydrogen-bond acceptors (Lipinski definition) is 4. The zero-order valence-corrected chi connectivity index (χ0v) is 18.0. The van der Waals surface area contributed by atoms with Crippen LogP contribution in [0.25, 0.3) is 10.9 Å². The summed E-state index contributed by atoms with van der Waals surface area (Å²) < 4.78 is 20.7. The first-order valence-electron chi connectivity index (χ1n) is 10.1. The molecule has 33 heavy (non-hydrogen) atoms. The number of hydrogen-bond donors (Lipinski definition) is 2. The van der Waals surface area contributed by atoms with Crippen LogP contribution in [-0.2, 0) is 6.42 Å². The minimum atomic E-state index is -1.63. The highest BCUT2D eigenvalue weighted by molar-refractivity contribution is 6.30. The van der Waals surface area contributed by atoms with Gasteiger partial charge in [-0.1, -0.05) is 60.1 Å². The number of halogens is 2. The van der Waals surface area contributed by atoms with E-state index in [4.69, 9.17) is 21.4 Å². The lowest BCUT2D eigenvalue weighted by Crippen LogP contribution is -2.21. The van der Waals surface area contributed by atoms with Gasteiger partial charge in [0.25, 0.3) is 0 Å². The van der Waals surface area contributed by atoms with Crippen molar-refractivity contribution < 1.29 is 24.1 Å². The SMILES string of the molecule is O=C(O)Oc1cn([C@H](CO)c2ccccc2)c2ccc(Cc3cccc(Cl)c3F)cc2c1=O. The molecule has 4 rings (SSSR count). The summed E-state index contributed by atoms with van der Waals surface area (Å²) in [5, 5.41) is 19.4. The molecule has 3 aromatic carbocycles. The second kappa shape index (κ2) is 9.44. The molecule has 0 bridgehead atoms. The molecule has 0 unspecified atom stereocenters. The molecule has 0 saturated heterocycles. The lowest BCUT2D eigenvalue weighted by atomic mass is 10.0. The molecule has 8 heteroatoms. The fourth-order valence-electron chi connectivity index (χ4n) is 3.85. The van der Waals surface area contributed by atoms with Crippen molar-refractivity contribution in [2.75, 3.05) is 6.61 Å². The van der Waals surface area contributed by atoms with Crippen LogP contribution in [0.4, 0.5) is 9.18 Å². The van der Waals surface area contributed by atoms with Crippen molar-refractivity contribution in [3.05, 3.63) is 111 Å². The van der Waals surface area contributed by atoms with Gasteiger partial charge in [0.05, 0.1) is 29.4 Å². The molecule has 2 N–H and O–H groups in total. The molecule has 0 spiro atoms. The van der Waals surface area contributed by atoms with Crippen molar-refractivity contribution >= 4 is 28.7 Å². The number of aliphatic hydroxyl groups excluding tert-OH is 1. The fourth-order valence-corrected chi connectivity index (χ4v) is 4.04. The van der Waals surface area contributed by atoms with Gasteiger partial charge >= 0.3 is 6.16 Å². The Morgan fingerprint density at radius 1 is 1.09 bits per heavy atom. The minimum absolute atomic E-state index is 0.00133. The molecular formula is C25H19ClFNO5. The van der Waals surface area contributed by atoms with Crippen LogP contribution in [0, 0.1) is 5.82 Å². The van der Waals surface area contributed by atoms with E-state index < -0.39 is 29.2 Å². The first kappa shape index (κ1) is 22.5. The van der Waals surface area contributed by atoms with Gasteiger partial charge in [-0.25, -0.2) is 9.18 Å². The zero-order chi connectivity index (χ0) is 23.5. The van der Waals surface area contributed by atoms with Gasteiger partial charge in [0.1, 0.15) is 5.82 Å². The number of benzene rings is 3. The Morgan fingerprint density at radius 3 is 2.55 bits per heavy atom. The Labute approximate surface area is 193 Å². The van der Waals surface area contributed by atoms with Crippen molar-refractivity contribution in [2.45, 2.75) is 12.5 Å². The lowest BCUT2D eigenvalue weighted by Gasteiger charge is -2.22. The maximum Gasteiger partial charge on any atom is 0.511 e. The highest BCUT2D eigenvalue weighted by Crippen LogP contribution is 2.27. The lowest BCUT2D eigenvalue weighted by molar-refractivity contribution is 0.143. The number of carbonyl (C=O) groups is 1. The van der Waals surface area contributed by atoms with Gasteiger partial charge in [-0.15, -0.1) is 0 Å². The second-order valence-corrected chi connectivity index (χ2v) is 7.86. The van der Waals surface area contributed by atoms with Gasteiger partial charge < -0.3 is 19.5 Å². The number of ether oxygens (including phenoxy) is 1. The zero-order valence-electron chi connectivity index (χ0n) is 17.2. The van der Waals surface area contributed by atoms with Crippen molar-refractivity contribution in [2.24, 2.45) is 0 Å². The Hall–Kier alpha value is -3.68. The topological polar surface area (TPSA) is 88.8 Å². The van der Waals surface area contributed by atoms with E-state index in [2.05, 4.69) is 0 Å². The number of nitrogens with zero attached hydrogens (tertiary/aromatic N) is 1. The van der Waals surface area contributed by atoms with E-state index in [0.29, 0.717) is 16.6 Å². The number of aliphatic hydroxyl groups is 1. The molecule has 6 nitrogen and oxygen atoms in total. The average molecular weight is 468 g/mol. The number of aromatic nitrogens is 1. The quantitative estimate of drug-likeness (QED) is 0.388. The summed E-state index contributed by atoms with van der Waals surface area (Å²) in [6.07, 6.45) is -0.174. The smallest absolute Gasteiger partial charge is 0.449 e. The predicted octanol–water partition coefficient (Wildman–Crippen LogP) is 5.02. The van der Waals surface area contributed by atoms with Gasteiger partial charge in [0.15, 0.2) is 5.75 Å². The molecule has 0 radical (unpaired) electrons. The van der Waals surface area contributed by atoms with E-state index in [1.165, 1.54) is 12.3 Å². The van der Waals surface area contributed by atoms with Gasteiger partial charge in [-0.3, -0.25) is 4.79 Å². The Morgan fingerprint density at radius 2 is 1.85 bits per heavy atom. The summed E-state index contributed by atoms with van der Waals surface area (Å²) in [5.74, 6) is -0.931. The maximum atomic E-state index is 14.4. The van der Waals surface area contributed by atoms with Crippen LogP contribution in [0.2, 0.25) is 5.02 Å². The normalized spacial score (nSPS) is 12.0. The van der Waals surface area contributed by atoms with Crippen molar-refractivity contribution in [1.29, 1.82) is 0 Å². The number of fused-ring (bicyclic) bond motifs is 1. The van der Waals surface area contributed by atoms with Crippen LogP contribution in [-0.4, -0.2) is 27.5 Å². The van der Waals surface area contributed by atoms with E-state index in [0.717, 1.165) is 5.56 Å². The molecule has 0 aliphatic rings. The second-order valence-electron chi connectivity index (χ2n) is 7.45. The number of rotatable bonds is 6. The van der Waals surface area contributed by atoms with Gasteiger partial charge in [-0.05, 0) is 34.9 Å². The van der Waals surface area contributed by atoms with Crippen molar-refractivity contribution in [1.82, 2.24) is 4.57 Å². The first-order valence-corrected chi connectivity index (χ1v) is 10.4. The van der Waals surface area contributed by atoms with E-state index in [1.807, 2.05) is 30.3 Å².